The summed E-state index contributed by atoms with van der Waals surface area (Å²) in [6.07, 6.45) is 1.39. The van der Waals surface area contributed by atoms with Crippen LogP contribution in [-0.2, 0) is 4.79 Å². The number of nitrogens with zero attached hydrogens (tertiary/aromatic N) is 1. The molecule has 0 atom stereocenters. The van der Waals surface area contributed by atoms with Gasteiger partial charge in [0.15, 0.2) is 0 Å². The highest BCUT2D eigenvalue weighted by atomic mass is 35.5. The molecule has 0 unspecified atom stereocenters. The minimum Gasteiger partial charge on any atom is -0.359 e. The number of pyridine rings is 1. The molecule has 0 aliphatic heterocycles. The van der Waals surface area contributed by atoms with Crippen LogP contribution >= 0.6 is 23.2 Å². The second-order valence-corrected chi connectivity index (χ2v) is 2.90. The average molecular weight is 215 g/mol. The van der Waals surface area contributed by atoms with E-state index in [1.54, 1.807) is 0 Å². The molecule has 0 aliphatic carbocycles. The minimum atomic E-state index is -0.726. The van der Waals surface area contributed by atoms with Crippen LogP contribution in [-0.4, -0.2) is 10.9 Å². The van der Waals surface area contributed by atoms with E-state index in [0.717, 1.165) is 0 Å². The lowest BCUT2D eigenvalue weighted by atomic mass is 10.3. The Morgan fingerprint density at radius 2 is 2.23 bits per heavy atom. The van der Waals surface area contributed by atoms with Gasteiger partial charge in [0.1, 0.15) is 5.15 Å². The van der Waals surface area contributed by atoms with Crippen molar-refractivity contribution in [1.29, 1.82) is 0 Å². The van der Waals surface area contributed by atoms with Crippen LogP contribution in [0.5, 0.6) is 0 Å². The van der Waals surface area contributed by atoms with Gasteiger partial charge < -0.3 is 5.73 Å². The first-order valence-corrected chi connectivity index (χ1v) is 3.97. The Morgan fingerprint density at radius 1 is 1.54 bits per heavy atom. The number of rotatable bonds is 0. The van der Waals surface area contributed by atoms with Crippen LogP contribution in [0.1, 0.15) is 5.56 Å². The molecule has 1 amide bonds. The van der Waals surface area contributed by atoms with Crippen LogP contribution in [0.3, 0.4) is 0 Å². The van der Waals surface area contributed by atoms with E-state index in [4.69, 9.17) is 28.9 Å². The zero-order valence-electron chi connectivity index (χ0n) is 6.34. The minimum absolute atomic E-state index is 0.193. The third kappa shape index (κ3) is 2.94. The Hall–Kier alpha value is -1.24. The molecule has 1 rings (SSSR count). The summed E-state index contributed by atoms with van der Waals surface area (Å²) in [5.41, 5.74) is 5.20. The Balaban J connectivity index is 3.09. The topological polar surface area (TPSA) is 56.0 Å². The summed E-state index contributed by atoms with van der Waals surface area (Å²) in [5, 5.41) is 0.594. The summed E-state index contributed by atoms with van der Waals surface area (Å²) in [6.45, 7) is 0. The molecule has 0 fully saturated rings. The van der Waals surface area contributed by atoms with Crippen molar-refractivity contribution >= 4 is 29.1 Å². The van der Waals surface area contributed by atoms with E-state index in [0.29, 0.717) is 10.6 Å². The van der Waals surface area contributed by atoms with E-state index in [1.807, 2.05) is 0 Å². The Bertz CT molecular complexity index is 406. The molecule has 0 spiro atoms. The summed E-state index contributed by atoms with van der Waals surface area (Å²) in [5.74, 6) is 3.86. The molecule has 0 saturated carbocycles. The number of aromatic nitrogens is 1. The van der Waals surface area contributed by atoms with E-state index in [9.17, 15) is 4.79 Å². The maximum Gasteiger partial charge on any atom is 0.293 e. The van der Waals surface area contributed by atoms with Gasteiger partial charge in [0, 0.05) is 12.1 Å². The molecule has 0 saturated heterocycles. The quantitative estimate of drug-likeness (QED) is 0.522. The molecule has 13 heavy (non-hydrogen) atoms. The van der Waals surface area contributed by atoms with Crippen LogP contribution in [0.25, 0.3) is 0 Å². The molecule has 0 aliphatic rings. The molecule has 0 aromatic carbocycles. The standard InChI is InChI=1S/C8H4Cl2N2O/c9-6-3-5(1-2-7(11)13)8(10)12-4-6/h3-4H,(H2,11,13). The number of carbonyl (C=O) groups is 1. The van der Waals surface area contributed by atoms with Crippen molar-refractivity contribution in [3.05, 3.63) is 28.0 Å². The van der Waals surface area contributed by atoms with Crippen molar-refractivity contribution in [3.8, 4) is 11.8 Å². The highest BCUT2D eigenvalue weighted by molar-refractivity contribution is 6.32. The third-order valence-electron chi connectivity index (χ3n) is 1.13. The number of amides is 1. The van der Waals surface area contributed by atoms with Gasteiger partial charge in [0.05, 0.1) is 10.6 Å². The Morgan fingerprint density at radius 3 is 2.85 bits per heavy atom. The number of carbonyl (C=O) groups excluding carboxylic acids is 1. The average Bonchev–Trinajstić information content (AvgIpc) is 2.06. The lowest BCUT2D eigenvalue weighted by molar-refractivity contribution is -0.112. The van der Waals surface area contributed by atoms with E-state index in [-0.39, 0.29) is 5.15 Å². The monoisotopic (exact) mass is 214 g/mol. The number of halogens is 2. The molecule has 1 aromatic rings. The fourth-order valence-corrected chi connectivity index (χ4v) is 0.948. The maximum atomic E-state index is 10.3. The zero-order valence-corrected chi connectivity index (χ0v) is 7.86. The molecule has 3 nitrogen and oxygen atoms in total. The second-order valence-electron chi connectivity index (χ2n) is 2.11. The number of primary amides is 1. The smallest absolute Gasteiger partial charge is 0.293 e. The molecular weight excluding hydrogens is 211 g/mol. The summed E-state index contributed by atoms with van der Waals surface area (Å²) in [4.78, 5) is 14.1. The summed E-state index contributed by atoms with van der Waals surface area (Å²) in [6, 6.07) is 1.51. The largest absolute Gasteiger partial charge is 0.359 e. The first kappa shape index (κ1) is 9.85. The van der Waals surface area contributed by atoms with Gasteiger partial charge >= 0.3 is 0 Å². The van der Waals surface area contributed by atoms with Gasteiger partial charge in [-0.15, -0.1) is 0 Å². The van der Waals surface area contributed by atoms with Gasteiger partial charge in [-0.2, -0.15) is 0 Å². The van der Waals surface area contributed by atoms with Crippen molar-refractivity contribution in [2.24, 2.45) is 5.73 Å². The number of nitrogens with two attached hydrogens (primary N) is 1. The van der Waals surface area contributed by atoms with Gasteiger partial charge in [-0.1, -0.05) is 29.1 Å². The van der Waals surface area contributed by atoms with Gasteiger partial charge in [-0.3, -0.25) is 4.79 Å². The van der Waals surface area contributed by atoms with E-state index >= 15 is 0 Å². The van der Waals surface area contributed by atoms with Gasteiger partial charge in [0.25, 0.3) is 5.91 Å². The Kier molecular flexibility index (Phi) is 3.13. The molecule has 5 heteroatoms. The van der Waals surface area contributed by atoms with Gasteiger partial charge in [-0.25, -0.2) is 4.98 Å². The molecule has 0 radical (unpaired) electrons. The predicted molar refractivity (Wildman–Crippen MR) is 50.3 cm³/mol. The normalized spacial score (nSPS) is 8.77. The lowest BCUT2D eigenvalue weighted by Gasteiger charge is -1.93. The summed E-state index contributed by atoms with van der Waals surface area (Å²) >= 11 is 11.3. The van der Waals surface area contributed by atoms with Gasteiger partial charge in [0.2, 0.25) is 0 Å². The second kappa shape index (κ2) is 4.13. The molecule has 1 heterocycles. The number of hydrogen-bond donors (Lipinski definition) is 1. The van der Waals surface area contributed by atoms with E-state index in [2.05, 4.69) is 16.8 Å². The Labute approximate surface area is 84.9 Å². The van der Waals surface area contributed by atoms with Crippen LogP contribution in [0.4, 0.5) is 0 Å². The fraction of sp³-hybridized carbons (Fsp3) is 0. The van der Waals surface area contributed by atoms with Crippen LogP contribution in [0, 0.1) is 11.8 Å². The summed E-state index contributed by atoms with van der Waals surface area (Å²) < 4.78 is 0. The maximum absolute atomic E-state index is 10.3. The zero-order chi connectivity index (χ0) is 9.84. The first-order valence-electron chi connectivity index (χ1n) is 3.22. The fourth-order valence-electron chi connectivity index (χ4n) is 0.639. The summed E-state index contributed by atoms with van der Waals surface area (Å²) in [7, 11) is 0. The van der Waals surface area contributed by atoms with Gasteiger partial charge in [-0.05, 0) is 6.07 Å². The third-order valence-corrected chi connectivity index (χ3v) is 1.63. The van der Waals surface area contributed by atoms with E-state index < -0.39 is 5.91 Å². The molecule has 2 N–H and O–H groups in total. The van der Waals surface area contributed by atoms with Crippen LogP contribution < -0.4 is 5.73 Å². The van der Waals surface area contributed by atoms with Crippen molar-refractivity contribution in [1.82, 2.24) is 4.98 Å². The van der Waals surface area contributed by atoms with Crippen molar-refractivity contribution in [2.75, 3.05) is 0 Å². The van der Waals surface area contributed by atoms with Crippen molar-refractivity contribution < 1.29 is 4.79 Å². The highest BCUT2D eigenvalue weighted by Gasteiger charge is 1.98. The molecular formula is C8H4Cl2N2O. The highest BCUT2D eigenvalue weighted by Crippen LogP contribution is 2.15. The van der Waals surface area contributed by atoms with Crippen molar-refractivity contribution in [2.45, 2.75) is 0 Å². The first-order chi connectivity index (χ1) is 6.09. The molecule has 1 aromatic heterocycles. The molecule has 0 bridgehead atoms. The van der Waals surface area contributed by atoms with Crippen LogP contribution in [0.15, 0.2) is 12.3 Å². The van der Waals surface area contributed by atoms with E-state index in [1.165, 1.54) is 12.3 Å². The van der Waals surface area contributed by atoms with Crippen LogP contribution in [0.2, 0.25) is 10.2 Å². The SMILES string of the molecule is NC(=O)C#Cc1cc(Cl)cnc1Cl. The number of hydrogen-bond acceptors (Lipinski definition) is 2. The predicted octanol–water partition coefficient (Wildman–Crippen LogP) is 1.23. The van der Waals surface area contributed by atoms with Crippen molar-refractivity contribution in [3.63, 3.8) is 0 Å². The lowest BCUT2D eigenvalue weighted by Crippen LogP contribution is -2.06. The molecule has 66 valence electrons.